The van der Waals surface area contributed by atoms with Gasteiger partial charge in [0.05, 0.1) is 0 Å². The highest BCUT2D eigenvalue weighted by Crippen LogP contribution is 2.28. The summed E-state index contributed by atoms with van der Waals surface area (Å²) >= 11 is 1.84. The van der Waals surface area contributed by atoms with Crippen molar-refractivity contribution in [1.29, 1.82) is 0 Å². The van der Waals surface area contributed by atoms with Gasteiger partial charge in [-0.3, -0.25) is 9.78 Å². The van der Waals surface area contributed by atoms with E-state index in [0.717, 1.165) is 29.1 Å². The number of carboxylic acids is 1. The van der Waals surface area contributed by atoms with Gasteiger partial charge in [-0.1, -0.05) is 0 Å². The lowest BCUT2D eigenvalue weighted by Gasteiger charge is -2.20. The Morgan fingerprint density at radius 1 is 1.60 bits per heavy atom. The third-order valence-electron chi connectivity index (χ3n) is 2.54. The van der Waals surface area contributed by atoms with Crippen LogP contribution in [0.5, 0.6) is 0 Å². The molecule has 0 saturated heterocycles. The Hall–Kier alpha value is -1.07. The van der Waals surface area contributed by atoms with E-state index < -0.39 is 12.0 Å². The highest BCUT2D eigenvalue weighted by Gasteiger charge is 2.21. The Kier molecular flexibility index (Phi) is 2.93. The van der Waals surface area contributed by atoms with Crippen LogP contribution in [-0.4, -0.2) is 21.8 Å². The minimum atomic E-state index is -0.997. The molecule has 0 spiro atoms. The number of thioether (sulfide) groups is 1. The Morgan fingerprint density at radius 2 is 2.40 bits per heavy atom. The summed E-state index contributed by atoms with van der Waals surface area (Å²) in [5.41, 5.74) is 8.49. The van der Waals surface area contributed by atoms with E-state index in [2.05, 4.69) is 4.98 Å². The summed E-state index contributed by atoms with van der Waals surface area (Å²) in [5, 5.41) is 8.88. The number of carboxylic acid groups (broad SMARTS) is 1. The zero-order chi connectivity index (χ0) is 10.8. The third-order valence-corrected chi connectivity index (χ3v) is 3.54. The highest BCUT2D eigenvalue weighted by atomic mass is 32.2. The van der Waals surface area contributed by atoms with Crippen molar-refractivity contribution in [1.82, 2.24) is 4.98 Å². The molecule has 3 N–H and O–H groups in total. The fourth-order valence-electron chi connectivity index (χ4n) is 1.74. The molecule has 2 heterocycles. The summed E-state index contributed by atoms with van der Waals surface area (Å²) in [4.78, 5) is 14.9. The molecule has 4 nitrogen and oxygen atoms in total. The molecule has 1 unspecified atom stereocenters. The number of fused-ring (bicyclic) bond motifs is 1. The molecule has 1 aromatic rings. The van der Waals surface area contributed by atoms with Crippen molar-refractivity contribution in [3.8, 4) is 0 Å². The molecule has 0 fully saturated rings. The minimum Gasteiger partial charge on any atom is -0.480 e. The fourth-order valence-corrected chi connectivity index (χ4v) is 2.70. The van der Waals surface area contributed by atoms with Gasteiger partial charge in [-0.15, -0.1) is 0 Å². The van der Waals surface area contributed by atoms with Crippen LogP contribution in [0.25, 0.3) is 0 Å². The standard InChI is InChI=1S/C10H12N2O2S/c11-9(10(13)14)8-4-12-3-6-5-15-2-1-7(6)8/h3-4,9H,1-2,5,11H2,(H,13,14). The van der Waals surface area contributed by atoms with Gasteiger partial charge in [-0.2, -0.15) is 11.8 Å². The molecule has 80 valence electrons. The molecule has 1 aromatic heterocycles. The smallest absolute Gasteiger partial charge is 0.325 e. The van der Waals surface area contributed by atoms with Gasteiger partial charge in [0.1, 0.15) is 6.04 Å². The van der Waals surface area contributed by atoms with E-state index in [0.29, 0.717) is 5.56 Å². The van der Waals surface area contributed by atoms with Crippen LogP contribution in [0.1, 0.15) is 22.7 Å². The van der Waals surface area contributed by atoms with Gasteiger partial charge >= 0.3 is 5.97 Å². The maximum absolute atomic E-state index is 10.8. The Bertz CT molecular complexity index is 395. The first-order chi connectivity index (χ1) is 7.20. The van der Waals surface area contributed by atoms with Crippen molar-refractivity contribution in [2.45, 2.75) is 18.2 Å². The van der Waals surface area contributed by atoms with Crippen LogP contribution in [0.15, 0.2) is 12.4 Å². The molecule has 1 aliphatic heterocycles. The van der Waals surface area contributed by atoms with Gasteiger partial charge in [-0.25, -0.2) is 0 Å². The van der Waals surface area contributed by atoms with Gasteiger partial charge in [-0.05, 0) is 23.3 Å². The number of carbonyl (C=O) groups is 1. The lowest BCUT2D eigenvalue weighted by atomic mass is 9.97. The summed E-state index contributed by atoms with van der Waals surface area (Å²) in [5.74, 6) is 0.933. The van der Waals surface area contributed by atoms with Crippen LogP contribution >= 0.6 is 11.8 Å². The van der Waals surface area contributed by atoms with E-state index in [9.17, 15) is 4.79 Å². The molecule has 0 radical (unpaired) electrons. The summed E-state index contributed by atoms with van der Waals surface area (Å²) in [6.07, 6.45) is 4.27. The molecule has 15 heavy (non-hydrogen) atoms. The predicted octanol–water partition coefficient (Wildman–Crippen LogP) is 0.955. The van der Waals surface area contributed by atoms with Crippen LogP contribution in [0.4, 0.5) is 0 Å². The average Bonchev–Trinajstić information content (AvgIpc) is 2.27. The largest absolute Gasteiger partial charge is 0.480 e. The number of aromatic nitrogens is 1. The van der Waals surface area contributed by atoms with E-state index in [1.165, 1.54) is 0 Å². The molecule has 2 rings (SSSR count). The molecule has 5 heteroatoms. The lowest BCUT2D eigenvalue weighted by Crippen LogP contribution is -2.23. The van der Waals surface area contributed by atoms with Crippen LogP contribution in [0, 0.1) is 0 Å². The van der Waals surface area contributed by atoms with E-state index in [1.807, 2.05) is 11.8 Å². The maximum Gasteiger partial charge on any atom is 0.325 e. The fraction of sp³-hybridized carbons (Fsp3) is 0.400. The second-order valence-corrected chi connectivity index (χ2v) is 4.59. The molecule has 0 aliphatic carbocycles. The summed E-state index contributed by atoms with van der Waals surface area (Å²) < 4.78 is 0. The third kappa shape index (κ3) is 1.98. The predicted molar refractivity (Wildman–Crippen MR) is 58.7 cm³/mol. The highest BCUT2D eigenvalue weighted by molar-refractivity contribution is 7.98. The first-order valence-electron chi connectivity index (χ1n) is 4.72. The zero-order valence-corrected chi connectivity index (χ0v) is 8.96. The van der Waals surface area contributed by atoms with Crippen LogP contribution in [0.3, 0.4) is 0 Å². The van der Waals surface area contributed by atoms with Gasteiger partial charge in [0.2, 0.25) is 0 Å². The SMILES string of the molecule is NC(C(=O)O)c1cncc2c1CCSC2. The van der Waals surface area contributed by atoms with E-state index in [-0.39, 0.29) is 0 Å². The zero-order valence-electron chi connectivity index (χ0n) is 8.14. The van der Waals surface area contributed by atoms with E-state index in [4.69, 9.17) is 10.8 Å². The Balaban J connectivity index is 2.43. The number of hydrogen-bond donors (Lipinski definition) is 2. The Labute approximate surface area is 91.9 Å². The molecular formula is C10H12N2O2S. The number of nitrogens with two attached hydrogens (primary N) is 1. The summed E-state index contributed by atoms with van der Waals surface area (Å²) in [6.45, 7) is 0. The quantitative estimate of drug-likeness (QED) is 0.782. The topological polar surface area (TPSA) is 76.2 Å². The van der Waals surface area contributed by atoms with Gasteiger partial charge in [0, 0.05) is 23.7 Å². The van der Waals surface area contributed by atoms with Crippen molar-refractivity contribution in [2.24, 2.45) is 5.73 Å². The van der Waals surface area contributed by atoms with Crippen molar-refractivity contribution in [2.75, 3.05) is 5.75 Å². The van der Waals surface area contributed by atoms with Gasteiger partial charge < -0.3 is 10.8 Å². The number of nitrogens with zero attached hydrogens (tertiary/aromatic N) is 1. The average molecular weight is 224 g/mol. The molecule has 0 aromatic carbocycles. The molecule has 0 saturated carbocycles. The monoisotopic (exact) mass is 224 g/mol. The number of pyridine rings is 1. The van der Waals surface area contributed by atoms with Crippen molar-refractivity contribution in [3.05, 3.63) is 29.1 Å². The first kappa shape index (κ1) is 10.4. The maximum atomic E-state index is 10.8. The van der Waals surface area contributed by atoms with E-state index in [1.54, 1.807) is 12.4 Å². The minimum absolute atomic E-state index is 0.667. The lowest BCUT2D eigenvalue weighted by molar-refractivity contribution is -0.138. The molecule has 1 atom stereocenters. The molecule has 0 amide bonds. The molecule has 0 bridgehead atoms. The first-order valence-corrected chi connectivity index (χ1v) is 5.87. The number of hydrogen-bond acceptors (Lipinski definition) is 4. The second kappa shape index (κ2) is 4.20. The number of aliphatic carboxylic acids is 1. The van der Waals surface area contributed by atoms with Crippen molar-refractivity contribution >= 4 is 17.7 Å². The summed E-state index contributed by atoms with van der Waals surface area (Å²) in [6, 6.07) is -0.949. The van der Waals surface area contributed by atoms with E-state index >= 15 is 0 Å². The second-order valence-electron chi connectivity index (χ2n) is 3.48. The normalized spacial score (nSPS) is 16.9. The van der Waals surface area contributed by atoms with Crippen molar-refractivity contribution < 1.29 is 9.90 Å². The Morgan fingerprint density at radius 3 is 3.13 bits per heavy atom. The van der Waals surface area contributed by atoms with Crippen LogP contribution < -0.4 is 5.73 Å². The molecular weight excluding hydrogens is 212 g/mol. The molecule has 1 aliphatic rings. The van der Waals surface area contributed by atoms with Crippen LogP contribution in [0.2, 0.25) is 0 Å². The van der Waals surface area contributed by atoms with Gasteiger partial charge in [0.15, 0.2) is 0 Å². The van der Waals surface area contributed by atoms with Gasteiger partial charge in [0.25, 0.3) is 0 Å². The van der Waals surface area contributed by atoms with Crippen LogP contribution in [-0.2, 0) is 17.0 Å². The van der Waals surface area contributed by atoms with Crippen molar-refractivity contribution in [3.63, 3.8) is 0 Å². The number of rotatable bonds is 2. The summed E-state index contributed by atoms with van der Waals surface area (Å²) in [7, 11) is 0.